The molecule has 0 saturated carbocycles. The lowest BCUT2D eigenvalue weighted by atomic mass is 9.79. The number of carboxylic acid groups (broad SMARTS) is 1. The molecule has 8 rings (SSSR count). The van der Waals surface area contributed by atoms with Gasteiger partial charge in [0.2, 0.25) is 11.8 Å². The van der Waals surface area contributed by atoms with Gasteiger partial charge in [0.05, 0.1) is 31.2 Å². The Labute approximate surface area is 395 Å². The third kappa shape index (κ3) is 13.6. The summed E-state index contributed by atoms with van der Waals surface area (Å²) >= 11 is 0. The Morgan fingerprint density at radius 1 is 0.746 bits per heavy atom. The highest BCUT2D eigenvalue weighted by molar-refractivity contribution is 5.69. The van der Waals surface area contributed by atoms with E-state index in [0.717, 1.165) is 70.8 Å². The zero-order valence-electron chi connectivity index (χ0n) is 39.6. The molecular formula is C55H66N4O8. The summed E-state index contributed by atoms with van der Waals surface area (Å²) in [4.78, 5) is 35.2. The molecule has 6 aromatic rings. The van der Waals surface area contributed by atoms with Gasteiger partial charge in [0.1, 0.15) is 23.0 Å². The van der Waals surface area contributed by atoms with Crippen LogP contribution in [0.5, 0.6) is 11.5 Å². The van der Waals surface area contributed by atoms with Crippen LogP contribution < -0.4 is 14.8 Å². The van der Waals surface area contributed by atoms with Crippen LogP contribution in [0.4, 0.5) is 4.79 Å². The van der Waals surface area contributed by atoms with Crippen LogP contribution in [-0.4, -0.2) is 78.0 Å². The second kappa shape index (κ2) is 23.9. The SMILES string of the molecule is CC[C@H]1CCNC[C@H]1c1cccc(OCCc2nc(-c3ccccc3)oc2C)c1.Cc1oc(-c2ccccc2)nc1CCOc1cccc([C@@H]2CN(C(=O)OCC(C)C)CC[C@@H]2CC(=O)O)c1. The largest absolute Gasteiger partial charge is 0.493 e. The molecule has 0 aliphatic carbocycles. The van der Waals surface area contributed by atoms with Crippen molar-refractivity contribution in [2.45, 2.75) is 85.0 Å². The molecule has 12 heteroatoms. The van der Waals surface area contributed by atoms with Crippen molar-refractivity contribution in [3.63, 3.8) is 0 Å². The highest BCUT2D eigenvalue weighted by atomic mass is 16.6. The molecule has 12 nitrogen and oxygen atoms in total. The van der Waals surface area contributed by atoms with Gasteiger partial charge in [0.25, 0.3) is 0 Å². The first-order valence-electron chi connectivity index (χ1n) is 23.9. The number of amides is 1. The smallest absolute Gasteiger partial charge is 0.409 e. The van der Waals surface area contributed by atoms with Crippen molar-refractivity contribution >= 4 is 12.1 Å². The molecule has 0 bridgehead atoms. The van der Waals surface area contributed by atoms with Crippen molar-refractivity contribution in [1.29, 1.82) is 0 Å². The van der Waals surface area contributed by atoms with Gasteiger partial charge in [0, 0.05) is 55.9 Å². The Hall–Kier alpha value is -6.40. The summed E-state index contributed by atoms with van der Waals surface area (Å²) in [6.07, 6.45) is 4.12. The highest BCUT2D eigenvalue weighted by Crippen LogP contribution is 2.37. The van der Waals surface area contributed by atoms with Crippen molar-refractivity contribution in [1.82, 2.24) is 20.2 Å². The molecule has 0 radical (unpaired) electrons. The Balaban J connectivity index is 0.000000206. The number of carbonyl (C=O) groups excluding carboxylic acids is 1. The maximum atomic E-state index is 12.6. The van der Waals surface area contributed by atoms with E-state index in [2.05, 4.69) is 40.4 Å². The number of carbonyl (C=O) groups is 2. The first-order chi connectivity index (χ1) is 32.5. The molecule has 2 fully saturated rings. The first-order valence-corrected chi connectivity index (χ1v) is 23.9. The maximum absolute atomic E-state index is 12.6. The van der Waals surface area contributed by atoms with Gasteiger partial charge in [-0.25, -0.2) is 14.8 Å². The molecule has 2 aliphatic heterocycles. The fraction of sp³-hybridized carbons (Fsp3) is 0.418. The number of aromatic nitrogens is 2. The normalized spacial score (nSPS) is 18.2. The molecule has 4 atom stereocenters. The first kappa shape index (κ1) is 48.5. The Kier molecular flexibility index (Phi) is 17.3. The number of nitrogens with zero attached hydrogens (tertiary/aromatic N) is 3. The van der Waals surface area contributed by atoms with Gasteiger partial charge in [-0.15, -0.1) is 0 Å². The van der Waals surface area contributed by atoms with Gasteiger partial charge in [-0.05, 0) is 117 Å². The molecule has 2 aliphatic rings. The zero-order chi connectivity index (χ0) is 47.1. The molecular weight excluding hydrogens is 845 g/mol. The number of hydrogen-bond donors (Lipinski definition) is 2. The van der Waals surface area contributed by atoms with Crippen molar-refractivity contribution in [2.75, 3.05) is 46.0 Å². The van der Waals surface area contributed by atoms with Crippen LogP contribution in [0.1, 0.15) is 92.3 Å². The average Bonchev–Trinajstić information content (AvgIpc) is 3.92. The molecule has 2 saturated heterocycles. The topological polar surface area (TPSA) is 149 Å². The predicted molar refractivity (Wildman–Crippen MR) is 260 cm³/mol. The maximum Gasteiger partial charge on any atom is 0.409 e. The number of aliphatic carboxylic acids is 1. The van der Waals surface area contributed by atoms with Crippen molar-refractivity contribution in [3.05, 3.63) is 143 Å². The Bertz CT molecular complexity index is 2480. The molecule has 2 N–H and O–H groups in total. The molecule has 2 aromatic heterocycles. The number of carboxylic acids is 1. The molecule has 1 amide bonds. The summed E-state index contributed by atoms with van der Waals surface area (Å²) in [5, 5.41) is 13.0. The number of benzene rings is 4. The van der Waals surface area contributed by atoms with Crippen LogP contribution in [-0.2, 0) is 22.4 Å². The van der Waals surface area contributed by atoms with Gasteiger partial charge in [-0.2, -0.15) is 0 Å². The monoisotopic (exact) mass is 910 g/mol. The highest BCUT2D eigenvalue weighted by Gasteiger charge is 2.35. The number of likely N-dealkylation sites (tertiary alicyclic amines) is 1. The number of ether oxygens (including phenoxy) is 3. The second-order valence-electron chi connectivity index (χ2n) is 18.1. The third-order valence-corrected chi connectivity index (χ3v) is 12.8. The minimum atomic E-state index is -0.832. The van der Waals surface area contributed by atoms with Crippen molar-refractivity contribution in [2.24, 2.45) is 17.8 Å². The molecule has 67 heavy (non-hydrogen) atoms. The lowest BCUT2D eigenvalue weighted by molar-refractivity contribution is -0.138. The number of hydrogen-bond acceptors (Lipinski definition) is 10. The second-order valence-corrected chi connectivity index (χ2v) is 18.1. The summed E-state index contributed by atoms with van der Waals surface area (Å²) in [7, 11) is 0. The van der Waals surface area contributed by atoms with Gasteiger partial charge < -0.3 is 38.4 Å². The number of oxazole rings is 2. The standard InChI is InChI=1S/C30H36N2O6.C25H30N2O2/c1-20(2)19-37-30(35)32-14-12-24(17-28(33)34)26(18-32)23-10-7-11-25(16-23)36-15-13-27-21(3)38-29(31-27)22-8-5-4-6-9-22;1-3-19-12-14-26-17-23(19)21-10-7-11-22(16-21)28-15-13-24-18(2)29-25(27-24)20-8-5-4-6-9-20/h4-11,16,20,24,26H,12-15,17-19H2,1-3H3,(H,33,34);4-11,16,19,23,26H,3,12-15,17H2,1-2H3/t24-,26+;19-,23+/m10/s1. The van der Waals surface area contributed by atoms with E-state index >= 15 is 0 Å². The minimum Gasteiger partial charge on any atom is -0.493 e. The summed E-state index contributed by atoms with van der Waals surface area (Å²) in [6.45, 7) is 14.6. The zero-order valence-corrected chi connectivity index (χ0v) is 39.6. The van der Waals surface area contributed by atoms with Crippen LogP contribution in [0.25, 0.3) is 22.9 Å². The van der Waals surface area contributed by atoms with E-state index in [9.17, 15) is 14.7 Å². The van der Waals surface area contributed by atoms with E-state index in [1.54, 1.807) is 4.90 Å². The van der Waals surface area contributed by atoms with Crippen LogP contribution in [0.2, 0.25) is 0 Å². The summed E-state index contributed by atoms with van der Waals surface area (Å²) in [5.41, 5.74) is 6.08. The number of nitrogens with one attached hydrogen (secondary N) is 1. The number of aryl methyl sites for hydroxylation is 2. The summed E-state index contributed by atoms with van der Waals surface area (Å²) < 4.78 is 29.3. The van der Waals surface area contributed by atoms with E-state index in [4.69, 9.17) is 23.0 Å². The number of piperidine rings is 2. The van der Waals surface area contributed by atoms with E-state index in [0.29, 0.717) is 69.2 Å². The molecule has 354 valence electrons. The van der Waals surface area contributed by atoms with Gasteiger partial charge in [-0.3, -0.25) is 4.79 Å². The van der Waals surface area contributed by atoms with E-state index < -0.39 is 5.97 Å². The van der Waals surface area contributed by atoms with Gasteiger partial charge in [0.15, 0.2) is 0 Å². The Morgan fingerprint density at radius 2 is 1.30 bits per heavy atom. The van der Waals surface area contributed by atoms with Crippen molar-refractivity contribution < 1.29 is 37.7 Å². The van der Waals surface area contributed by atoms with Gasteiger partial charge in [-0.1, -0.05) is 87.9 Å². The van der Waals surface area contributed by atoms with Crippen LogP contribution in [0.15, 0.2) is 118 Å². The quantitative estimate of drug-likeness (QED) is 0.0900. The molecule has 0 spiro atoms. The average molecular weight is 911 g/mol. The molecule has 4 aromatic carbocycles. The number of rotatable bonds is 17. The third-order valence-electron chi connectivity index (χ3n) is 12.8. The van der Waals surface area contributed by atoms with Crippen LogP contribution in [0, 0.1) is 31.6 Å². The van der Waals surface area contributed by atoms with E-state index in [1.165, 1.54) is 18.4 Å². The minimum absolute atomic E-state index is 0.0554. The van der Waals surface area contributed by atoms with E-state index in [1.807, 2.05) is 119 Å². The lowest BCUT2D eigenvalue weighted by Crippen LogP contribution is -2.43. The predicted octanol–water partition coefficient (Wildman–Crippen LogP) is 11.3. The fourth-order valence-electron chi connectivity index (χ4n) is 9.06. The molecule has 4 heterocycles. The Morgan fingerprint density at radius 3 is 1.82 bits per heavy atom. The van der Waals surface area contributed by atoms with Crippen molar-refractivity contribution in [3.8, 4) is 34.4 Å². The lowest BCUT2D eigenvalue weighted by Gasteiger charge is -2.38. The van der Waals surface area contributed by atoms with Gasteiger partial charge >= 0.3 is 12.1 Å². The van der Waals surface area contributed by atoms with Crippen LogP contribution in [0.3, 0.4) is 0 Å². The molecule has 0 unspecified atom stereocenters. The van der Waals surface area contributed by atoms with Crippen LogP contribution >= 0.6 is 0 Å². The van der Waals surface area contributed by atoms with E-state index in [-0.39, 0.29) is 30.3 Å². The summed E-state index contributed by atoms with van der Waals surface area (Å²) in [5.74, 6) is 5.07. The fourth-order valence-corrected chi connectivity index (χ4v) is 9.06. The summed E-state index contributed by atoms with van der Waals surface area (Å²) in [6, 6.07) is 36.1.